The van der Waals surface area contributed by atoms with Crippen molar-refractivity contribution in [2.45, 2.75) is 6.92 Å². The number of pyridine rings is 1. The summed E-state index contributed by atoms with van der Waals surface area (Å²) >= 11 is 5.93. The van der Waals surface area contributed by atoms with Crippen molar-refractivity contribution in [1.29, 1.82) is 0 Å². The molecule has 2 rings (SSSR count). The molecule has 0 saturated carbocycles. The highest BCUT2D eigenvalue weighted by molar-refractivity contribution is 6.35. The minimum Gasteiger partial charge on any atom is -0.507 e. The van der Waals surface area contributed by atoms with Gasteiger partial charge in [0.2, 0.25) is 5.78 Å². The Labute approximate surface area is 114 Å². The Balaban J connectivity index is 2.68. The second-order valence-corrected chi connectivity index (χ2v) is 4.63. The molecule has 0 aliphatic heterocycles. The van der Waals surface area contributed by atoms with Crippen LogP contribution < -0.4 is 5.56 Å². The number of carbonyl (C=O) groups excluding carboxylic acids is 1. The van der Waals surface area contributed by atoms with Crippen LogP contribution in [0, 0.1) is 6.92 Å². The molecule has 0 aliphatic rings. The van der Waals surface area contributed by atoms with Gasteiger partial charge in [0.05, 0.1) is 5.02 Å². The minimum absolute atomic E-state index is 0.195. The SMILES string of the molecule is Cc1cc(O)c(C(=O)c2ccccc2Cl)c(=O)n1C. The van der Waals surface area contributed by atoms with Gasteiger partial charge in [-0.15, -0.1) is 0 Å². The summed E-state index contributed by atoms with van der Waals surface area (Å²) in [5.41, 5.74) is -0.0396. The molecule has 0 spiro atoms. The first-order valence-corrected chi connectivity index (χ1v) is 6.00. The number of aryl methyl sites for hydroxylation is 1. The van der Waals surface area contributed by atoms with E-state index >= 15 is 0 Å². The summed E-state index contributed by atoms with van der Waals surface area (Å²) in [4.78, 5) is 24.4. The Morgan fingerprint density at radius 2 is 1.95 bits per heavy atom. The van der Waals surface area contributed by atoms with Gasteiger partial charge in [-0.1, -0.05) is 23.7 Å². The van der Waals surface area contributed by atoms with E-state index in [9.17, 15) is 14.7 Å². The Kier molecular flexibility index (Phi) is 3.44. The van der Waals surface area contributed by atoms with E-state index in [2.05, 4.69) is 0 Å². The van der Waals surface area contributed by atoms with E-state index in [1.165, 1.54) is 16.7 Å². The summed E-state index contributed by atoms with van der Waals surface area (Å²) in [5.74, 6) is -0.908. The average molecular weight is 278 g/mol. The van der Waals surface area contributed by atoms with Crippen molar-refractivity contribution < 1.29 is 9.90 Å². The molecule has 0 unspecified atom stereocenters. The number of rotatable bonds is 2. The smallest absolute Gasteiger partial charge is 0.265 e. The van der Waals surface area contributed by atoms with Crippen molar-refractivity contribution >= 4 is 17.4 Å². The van der Waals surface area contributed by atoms with Crippen LogP contribution >= 0.6 is 11.6 Å². The normalized spacial score (nSPS) is 10.5. The molecular weight excluding hydrogens is 266 g/mol. The van der Waals surface area contributed by atoms with Crippen LogP contribution in [0.5, 0.6) is 5.75 Å². The van der Waals surface area contributed by atoms with Gasteiger partial charge in [-0.3, -0.25) is 9.59 Å². The number of carbonyl (C=O) groups is 1. The number of hydrogen-bond acceptors (Lipinski definition) is 3. The predicted molar refractivity (Wildman–Crippen MR) is 73.0 cm³/mol. The van der Waals surface area contributed by atoms with E-state index in [0.29, 0.717) is 5.69 Å². The van der Waals surface area contributed by atoms with Crippen LogP contribution in [0.3, 0.4) is 0 Å². The maximum atomic E-state index is 12.3. The highest BCUT2D eigenvalue weighted by atomic mass is 35.5. The van der Waals surface area contributed by atoms with Gasteiger partial charge in [0.1, 0.15) is 11.3 Å². The van der Waals surface area contributed by atoms with Crippen molar-refractivity contribution in [3.05, 3.63) is 62.5 Å². The molecule has 1 aromatic heterocycles. The monoisotopic (exact) mass is 277 g/mol. The Morgan fingerprint density at radius 3 is 2.58 bits per heavy atom. The number of hydrogen-bond donors (Lipinski definition) is 1. The number of ketones is 1. The summed E-state index contributed by atoms with van der Waals surface area (Å²) in [5, 5.41) is 10.1. The third kappa shape index (κ3) is 2.27. The molecule has 1 aromatic carbocycles. The van der Waals surface area contributed by atoms with Crippen molar-refractivity contribution in [2.75, 3.05) is 0 Å². The van der Waals surface area contributed by atoms with E-state index in [-0.39, 0.29) is 21.9 Å². The lowest BCUT2D eigenvalue weighted by Gasteiger charge is -2.09. The molecular formula is C14H12ClNO3. The second-order valence-electron chi connectivity index (χ2n) is 4.22. The molecule has 1 N–H and O–H groups in total. The zero-order valence-electron chi connectivity index (χ0n) is 10.5. The third-order valence-electron chi connectivity index (χ3n) is 2.99. The summed E-state index contributed by atoms with van der Waals surface area (Å²) in [7, 11) is 1.54. The Morgan fingerprint density at radius 1 is 1.32 bits per heavy atom. The van der Waals surface area contributed by atoms with E-state index in [1.807, 2.05) is 0 Å². The lowest BCUT2D eigenvalue weighted by Crippen LogP contribution is -2.26. The van der Waals surface area contributed by atoms with E-state index in [1.54, 1.807) is 32.2 Å². The fraction of sp³-hybridized carbons (Fsp3) is 0.143. The van der Waals surface area contributed by atoms with Crippen molar-refractivity contribution in [1.82, 2.24) is 4.57 Å². The van der Waals surface area contributed by atoms with Crippen LogP contribution in [-0.2, 0) is 7.05 Å². The molecule has 0 atom stereocenters. The standard InChI is InChI=1S/C14H12ClNO3/c1-8-7-11(17)12(14(19)16(8)2)13(18)9-5-3-4-6-10(9)15/h3-7,17H,1-2H3. The first-order valence-electron chi connectivity index (χ1n) is 5.62. The fourth-order valence-electron chi connectivity index (χ4n) is 1.80. The van der Waals surface area contributed by atoms with Crippen molar-refractivity contribution in [3.63, 3.8) is 0 Å². The average Bonchev–Trinajstić information content (AvgIpc) is 2.36. The maximum absolute atomic E-state index is 12.3. The van der Waals surface area contributed by atoms with Gasteiger partial charge < -0.3 is 9.67 Å². The van der Waals surface area contributed by atoms with Gasteiger partial charge in [0.15, 0.2) is 0 Å². The second kappa shape index (κ2) is 4.90. The molecule has 0 saturated heterocycles. The molecule has 1 heterocycles. The van der Waals surface area contributed by atoms with Gasteiger partial charge in [-0.25, -0.2) is 0 Å². The van der Waals surface area contributed by atoms with Crippen LogP contribution in [0.1, 0.15) is 21.6 Å². The zero-order chi connectivity index (χ0) is 14.2. The van der Waals surface area contributed by atoms with Crippen LogP contribution in [0.25, 0.3) is 0 Å². The van der Waals surface area contributed by atoms with Gasteiger partial charge in [0.25, 0.3) is 5.56 Å². The first-order chi connectivity index (χ1) is 8.93. The minimum atomic E-state index is -0.580. The van der Waals surface area contributed by atoms with E-state index < -0.39 is 11.3 Å². The van der Waals surface area contributed by atoms with Crippen LogP contribution in [0.2, 0.25) is 5.02 Å². The number of nitrogens with zero attached hydrogens (tertiary/aromatic N) is 1. The van der Waals surface area contributed by atoms with E-state index in [0.717, 1.165) is 0 Å². The molecule has 5 heteroatoms. The number of aromatic hydroxyl groups is 1. The quantitative estimate of drug-likeness (QED) is 0.857. The Bertz CT molecular complexity index is 719. The molecule has 0 aliphatic carbocycles. The molecule has 0 amide bonds. The topological polar surface area (TPSA) is 59.3 Å². The molecule has 0 radical (unpaired) electrons. The van der Waals surface area contributed by atoms with Crippen LogP contribution in [0.15, 0.2) is 35.1 Å². The van der Waals surface area contributed by atoms with Gasteiger partial charge in [-0.2, -0.15) is 0 Å². The highest BCUT2D eigenvalue weighted by Crippen LogP contribution is 2.22. The van der Waals surface area contributed by atoms with Crippen molar-refractivity contribution in [2.24, 2.45) is 7.05 Å². The van der Waals surface area contributed by atoms with Gasteiger partial charge in [0, 0.05) is 24.4 Å². The zero-order valence-corrected chi connectivity index (χ0v) is 11.2. The van der Waals surface area contributed by atoms with Crippen LogP contribution in [-0.4, -0.2) is 15.5 Å². The van der Waals surface area contributed by atoms with Gasteiger partial charge >= 0.3 is 0 Å². The number of benzene rings is 1. The summed E-state index contributed by atoms with van der Waals surface area (Å²) in [6.07, 6.45) is 0. The number of halogens is 1. The van der Waals surface area contributed by atoms with Gasteiger partial charge in [-0.05, 0) is 19.1 Å². The largest absolute Gasteiger partial charge is 0.507 e. The Hall–Kier alpha value is -2.07. The van der Waals surface area contributed by atoms with Crippen molar-refractivity contribution in [3.8, 4) is 5.75 Å². The lowest BCUT2D eigenvalue weighted by molar-refractivity contribution is 0.103. The molecule has 19 heavy (non-hydrogen) atoms. The first kappa shape index (κ1) is 13.4. The van der Waals surface area contributed by atoms with Crippen LogP contribution in [0.4, 0.5) is 0 Å². The maximum Gasteiger partial charge on any atom is 0.265 e. The predicted octanol–water partition coefficient (Wildman–Crippen LogP) is 2.28. The third-order valence-corrected chi connectivity index (χ3v) is 3.32. The molecule has 0 bridgehead atoms. The summed E-state index contributed by atoms with van der Waals surface area (Å²) in [6, 6.07) is 7.79. The number of aromatic nitrogens is 1. The molecule has 2 aromatic rings. The highest BCUT2D eigenvalue weighted by Gasteiger charge is 2.21. The summed E-state index contributed by atoms with van der Waals surface area (Å²) < 4.78 is 1.31. The molecule has 0 fully saturated rings. The lowest BCUT2D eigenvalue weighted by atomic mass is 10.0. The molecule has 98 valence electrons. The fourth-order valence-corrected chi connectivity index (χ4v) is 2.02. The molecule has 4 nitrogen and oxygen atoms in total. The van der Waals surface area contributed by atoms with E-state index in [4.69, 9.17) is 11.6 Å². The summed E-state index contributed by atoms with van der Waals surface area (Å²) in [6.45, 7) is 1.67.